The van der Waals surface area contributed by atoms with E-state index in [1.54, 1.807) is 0 Å². The van der Waals surface area contributed by atoms with Crippen molar-refractivity contribution in [1.29, 1.82) is 0 Å². The Labute approximate surface area is 65.0 Å². The smallest absolute Gasteiger partial charge is 0.374 e. The molecule has 1 aromatic heterocycles. The van der Waals surface area contributed by atoms with Crippen LogP contribution in [0.25, 0.3) is 0 Å². The lowest BCUT2D eigenvalue weighted by Gasteiger charge is -1.97. The van der Waals surface area contributed by atoms with E-state index in [4.69, 9.17) is 9.15 Å². The van der Waals surface area contributed by atoms with Gasteiger partial charge >= 0.3 is 5.97 Å². The zero-order chi connectivity index (χ0) is 8.10. The fraction of sp³-hybridized carbons (Fsp3) is 0.375. The van der Waals surface area contributed by atoms with Crippen LogP contribution in [0.4, 0.5) is 0 Å². The molecule has 1 heterocycles. The topological polar surface area (TPSA) is 39.4 Å². The van der Waals surface area contributed by atoms with Gasteiger partial charge in [-0.25, -0.2) is 4.79 Å². The predicted molar refractivity (Wildman–Crippen MR) is 38.1 cm³/mol. The van der Waals surface area contributed by atoms with Crippen LogP contribution in [0.3, 0.4) is 0 Å². The molecule has 0 fully saturated rings. The molecule has 0 spiro atoms. The maximum absolute atomic E-state index is 10.9. The van der Waals surface area contributed by atoms with E-state index < -0.39 is 5.97 Å². The molecule has 0 atom stereocenters. The second-order valence-electron chi connectivity index (χ2n) is 2.03. The van der Waals surface area contributed by atoms with Crippen LogP contribution in [0, 0.1) is 6.07 Å². The maximum atomic E-state index is 10.9. The molecule has 11 heavy (non-hydrogen) atoms. The van der Waals surface area contributed by atoms with E-state index in [9.17, 15) is 4.79 Å². The minimum absolute atomic E-state index is 0.137. The second-order valence-corrected chi connectivity index (χ2v) is 2.03. The van der Waals surface area contributed by atoms with Gasteiger partial charge in [0.05, 0.1) is 12.9 Å². The van der Waals surface area contributed by atoms with Gasteiger partial charge in [0.1, 0.15) is 0 Å². The Morgan fingerprint density at radius 3 is 3.18 bits per heavy atom. The van der Waals surface area contributed by atoms with Crippen LogP contribution >= 0.6 is 0 Å². The highest BCUT2D eigenvalue weighted by Gasteiger charge is 2.08. The van der Waals surface area contributed by atoms with Crippen molar-refractivity contribution in [3.05, 3.63) is 24.2 Å². The molecule has 3 nitrogen and oxygen atoms in total. The van der Waals surface area contributed by atoms with Crippen molar-refractivity contribution in [2.75, 3.05) is 6.61 Å². The van der Waals surface area contributed by atoms with Crippen LogP contribution in [0.2, 0.25) is 0 Å². The van der Waals surface area contributed by atoms with Crippen LogP contribution in [0.15, 0.2) is 16.7 Å². The first-order valence-corrected chi connectivity index (χ1v) is 3.47. The average Bonchev–Trinajstić information content (AvgIpc) is 2.52. The summed E-state index contributed by atoms with van der Waals surface area (Å²) in [6, 6.07) is 4.13. The highest BCUT2D eigenvalue weighted by Crippen LogP contribution is 2.01. The van der Waals surface area contributed by atoms with Gasteiger partial charge in [0.2, 0.25) is 5.76 Å². The third kappa shape index (κ3) is 2.11. The molecular formula is C8H9O3. The number of ether oxygens (including phenoxy) is 1. The summed E-state index contributed by atoms with van der Waals surface area (Å²) in [4.78, 5) is 10.9. The predicted octanol–water partition coefficient (Wildman–Crippen LogP) is 1.65. The van der Waals surface area contributed by atoms with Gasteiger partial charge in [0, 0.05) is 6.07 Å². The van der Waals surface area contributed by atoms with Gasteiger partial charge < -0.3 is 9.15 Å². The molecule has 0 bridgehead atoms. The monoisotopic (exact) mass is 153 g/mol. The number of hydrogen-bond acceptors (Lipinski definition) is 3. The zero-order valence-corrected chi connectivity index (χ0v) is 6.29. The van der Waals surface area contributed by atoms with Crippen LogP contribution in [-0.4, -0.2) is 12.6 Å². The average molecular weight is 153 g/mol. The summed E-state index contributed by atoms with van der Waals surface area (Å²) in [6.07, 6.45) is 2.20. The van der Waals surface area contributed by atoms with Crippen LogP contribution in [0.5, 0.6) is 0 Å². The molecule has 0 saturated carbocycles. The summed E-state index contributed by atoms with van der Waals surface area (Å²) in [5.41, 5.74) is 0. The Morgan fingerprint density at radius 1 is 1.82 bits per heavy atom. The lowest BCUT2D eigenvalue weighted by atomic mass is 10.4. The molecule has 3 heteroatoms. The molecular weight excluding hydrogens is 144 g/mol. The minimum Gasteiger partial charge on any atom is -0.460 e. The summed E-state index contributed by atoms with van der Waals surface area (Å²) in [5.74, 6) is -0.310. The first kappa shape index (κ1) is 7.85. The fourth-order valence-electron chi connectivity index (χ4n) is 0.613. The van der Waals surface area contributed by atoms with Gasteiger partial charge in [-0.15, -0.1) is 0 Å². The molecule has 0 N–H and O–H groups in total. The van der Waals surface area contributed by atoms with Crippen molar-refractivity contribution in [1.82, 2.24) is 0 Å². The highest BCUT2D eigenvalue weighted by molar-refractivity contribution is 5.85. The molecule has 0 aliphatic carbocycles. The largest absolute Gasteiger partial charge is 0.460 e. The molecule has 0 unspecified atom stereocenters. The van der Waals surface area contributed by atoms with Crippen molar-refractivity contribution in [3.8, 4) is 0 Å². The second kappa shape index (κ2) is 3.81. The molecule has 59 valence electrons. The number of carbonyl (C=O) groups excluding carboxylic acids is 1. The van der Waals surface area contributed by atoms with Gasteiger partial charge in [0.25, 0.3) is 0 Å². The van der Waals surface area contributed by atoms with Gasteiger partial charge in [-0.3, -0.25) is 0 Å². The Kier molecular flexibility index (Phi) is 2.72. The molecule has 1 radical (unpaired) electrons. The van der Waals surface area contributed by atoms with Crippen molar-refractivity contribution in [2.24, 2.45) is 0 Å². The summed E-state index contributed by atoms with van der Waals surface area (Å²) in [7, 11) is 0. The third-order valence-corrected chi connectivity index (χ3v) is 1.09. The quantitative estimate of drug-likeness (QED) is 0.620. The lowest BCUT2D eigenvalue weighted by molar-refractivity contribution is 0.0468. The lowest BCUT2D eigenvalue weighted by Crippen LogP contribution is -2.04. The Bertz CT molecular complexity index is 213. The molecule has 0 saturated heterocycles. The van der Waals surface area contributed by atoms with E-state index in [-0.39, 0.29) is 5.76 Å². The highest BCUT2D eigenvalue weighted by atomic mass is 16.5. The number of hydrogen-bond donors (Lipinski definition) is 0. The van der Waals surface area contributed by atoms with Crippen LogP contribution in [-0.2, 0) is 4.74 Å². The number of rotatable bonds is 3. The molecule has 1 aromatic rings. The van der Waals surface area contributed by atoms with E-state index in [0.717, 1.165) is 6.42 Å². The first-order chi connectivity index (χ1) is 5.34. The van der Waals surface area contributed by atoms with E-state index in [2.05, 4.69) is 6.07 Å². The van der Waals surface area contributed by atoms with Crippen LogP contribution < -0.4 is 0 Å². The minimum atomic E-state index is -0.447. The maximum Gasteiger partial charge on any atom is 0.374 e. The SMILES string of the molecule is CCCOC(=O)c1[c]cco1. The van der Waals surface area contributed by atoms with Crippen LogP contribution in [0.1, 0.15) is 23.9 Å². The van der Waals surface area contributed by atoms with Gasteiger partial charge in [0.15, 0.2) is 0 Å². The van der Waals surface area contributed by atoms with Crippen molar-refractivity contribution >= 4 is 5.97 Å². The van der Waals surface area contributed by atoms with Crippen molar-refractivity contribution in [3.63, 3.8) is 0 Å². The Morgan fingerprint density at radius 2 is 2.64 bits per heavy atom. The first-order valence-electron chi connectivity index (χ1n) is 3.47. The van der Waals surface area contributed by atoms with Gasteiger partial charge in [-0.1, -0.05) is 6.92 Å². The summed E-state index contributed by atoms with van der Waals surface area (Å²) >= 11 is 0. The summed E-state index contributed by atoms with van der Waals surface area (Å²) in [6.45, 7) is 2.35. The normalized spacial score (nSPS) is 9.55. The Hall–Kier alpha value is -1.25. The third-order valence-electron chi connectivity index (χ3n) is 1.09. The van der Waals surface area contributed by atoms with E-state index in [1.165, 1.54) is 12.3 Å². The fourth-order valence-corrected chi connectivity index (χ4v) is 0.613. The standard InChI is InChI=1S/C8H9O3/c1-2-5-11-8(9)7-4-3-6-10-7/h3,6H,2,5H2,1H3. The molecule has 0 amide bonds. The van der Waals surface area contributed by atoms with Crippen molar-refractivity contribution in [2.45, 2.75) is 13.3 Å². The van der Waals surface area contributed by atoms with Crippen molar-refractivity contribution < 1.29 is 13.9 Å². The van der Waals surface area contributed by atoms with E-state index in [1.807, 2.05) is 6.92 Å². The molecule has 1 rings (SSSR count). The zero-order valence-electron chi connectivity index (χ0n) is 6.29. The number of esters is 1. The Balaban J connectivity index is 2.43. The summed E-state index contributed by atoms with van der Waals surface area (Å²) in [5, 5.41) is 0. The van der Waals surface area contributed by atoms with Gasteiger partial charge in [-0.2, -0.15) is 0 Å². The molecule has 0 aliphatic heterocycles. The number of furan rings is 1. The molecule has 0 aromatic carbocycles. The van der Waals surface area contributed by atoms with E-state index >= 15 is 0 Å². The van der Waals surface area contributed by atoms with E-state index in [0.29, 0.717) is 6.61 Å². The summed E-state index contributed by atoms with van der Waals surface area (Å²) < 4.78 is 9.53. The number of carbonyl (C=O) groups is 1. The molecule has 0 aliphatic rings. The van der Waals surface area contributed by atoms with Gasteiger partial charge in [-0.05, 0) is 12.5 Å².